The van der Waals surface area contributed by atoms with Gasteiger partial charge in [0.05, 0.1) is 0 Å². The molecule has 0 spiro atoms. The summed E-state index contributed by atoms with van der Waals surface area (Å²) in [7, 11) is 0. The molecule has 0 aliphatic rings. The number of nitriles is 1. The Hall–Kier alpha value is -2.93. The van der Waals surface area contributed by atoms with E-state index in [0.717, 1.165) is 0 Å². The van der Waals surface area contributed by atoms with Crippen LogP contribution < -0.4 is 5.32 Å². The number of rotatable bonds is 4. The molecule has 0 atom stereocenters. The van der Waals surface area contributed by atoms with Crippen LogP contribution >= 0.6 is 0 Å². The summed E-state index contributed by atoms with van der Waals surface area (Å²) >= 11 is 0. The van der Waals surface area contributed by atoms with Crippen molar-refractivity contribution in [2.24, 2.45) is 0 Å². The van der Waals surface area contributed by atoms with Crippen LogP contribution in [0, 0.1) is 11.3 Å². The molecule has 2 aromatic rings. The van der Waals surface area contributed by atoms with E-state index in [4.69, 9.17) is 5.26 Å². The van der Waals surface area contributed by atoms with E-state index < -0.39 is 0 Å². The Morgan fingerprint density at radius 1 is 1.16 bits per heavy atom. The van der Waals surface area contributed by atoms with Gasteiger partial charge in [-0.25, -0.2) is 4.98 Å². The first-order valence-corrected chi connectivity index (χ1v) is 5.69. The van der Waals surface area contributed by atoms with Crippen LogP contribution in [0.25, 0.3) is 0 Å². The maximum atomic E-state index is 12.0. The average molecular weight is 249 g/mol. The van der Waals surface area contributed by atoms with Gasteiger partial charge in [-0.2, -0.15) is 5.26 Å². The number of allylic oxidation sites excluding steroid dienone is 1. The zero-order chi connectivity index (χ0) is 13.5. The van der Waals surface area contributed by atoms with Crippen LogP contribution in [-0.2, 0) is 0 Å². The standard InChI is InChI=1S/C15H11N3O/c16-10-13(11-18-14-8-4-5-9-17-14)15(19)12-6-2-1-3-7-12/h1-9,11H,(H,17,18). The monoisotopic (exact) mass is 249 g/mol. The lowest BCUT2D eigenvalue weighted by Gasteiger charge is -2.01. The summed E-state index contributed by atoms with van der Waals surface area (Å²) in [6.07, 6.45) is 3.00. The van der Waals surface area contributed by atoms with Crippen LogP contribution in [0.5, 0.6) is 0 Å². The van der Waals surface area contributed by atoms with Crippen LogP contribution in [0.3, 0.4) is 0 Å². The molecule has 1 aromatic heterocycles. The highest BCUT2D eigenvalue weighted by molar-refractivity contribution is 6.11. The Morgan fingerprint density at radius 2 is 1.89 bits per heavy atom. The van der Waals surface area contributed by atoms with Gasteiger partial charge in [0.2, 0.25) is 5.78 Å². The number of ketones is 1. The molecular weight excluding hydrogens is 238 g/mol. The van der Waals surface area contributed by atoms with E-state index in [-0.39, 0.29) is 11.4 Å². The van der Waals surface area contributed by atoms with Crippen molar-refractivity contribution < 1.29 is 4.79 Å². The van der Waals surface area contributed by atoms with Gasteiger partial charge in [-0.3, -0.25) is 4.79 Å². The van der Waals surface area contributed by atoms with Crippen LogP contribution in [-0.4, -0.2) is 10.8 Å². The minimum Gasteiger partial charge on any atom is -0.345 e. The molecule has 0 amide bonds. The first kappa shape index (κ1) is 12.5. The summed E-state index contributed by atoms with van der Waals surface area (Å²) in [5.74, 6) is 0.266. The zero-order valence-electron chi connectivity index (χ0n) is 10.1. The molecule has 0 fully saturated rings. The van der Waals surface area contributed by atoms with Crippen molar-refractivity contribution in [2.45, 2.75) is 0 Å². The Labute approximate surface area is 111 Å². The number of nitrogens with one attached hydrogen (secondary N) is 1. The second-order valence-electron chi connectivity index (χ2n) is 3.72. The van der Waals surface area contributed by atoms with Gasteiger partial charge in [0.1, 0.15) is 17.5 Å². The van der Waals surface area contributed by atoms with Gasteiger partial charge in [-0.15, -0.1) is 0 Å². The van der Waals surface area contributed by atoms with Crippen molar-refractivity contribution in [3.8, 4) is 6.07 Å². The Balaban J connectivity index is 2.17. The maximum absolute atomic E-state index is 12.0. The van der Waals surface area contributed by atoms with Crippen molar-refractivity contribution in [2.75, 3.05) is 5.32 Å². The molecule has 92 valence electrons. The van der Waals surface area contributed by atoms with Gasteiger partial charge in [-0.05, 0) is 12.1 Å². The number of carbonyl (C=O) groups excluding carboxylic acids is 1. The van der Waals surface area contributed by atoms with Crippen LogP contribution in [0.1, 0.15) is 10.4 Å². The number of aromatic nitrogens is 1. The van der Waals surface area contributed by atoms with E-state index in [2.05, 4.69) is 10.3 Å². The molecular formula is C15H11N3O. The second-order valence-corrected chi connectivity index (χ2v) is 3.72. The van der Waals surface area contributed by atoms with E-state index in [0.29, 0.717) is 11.4 Å². The molecule has 0 aliphatic carbocycles. The van der Waals surface area contributed by atoms with Crippen LogP contribution in [0.2, 0.25) is 0 Å². The van der Waals surface area contributed by atoms with Crippen molar-refractivity contribution in [3.63, 3.8) is 0 Å². The number of pyridine rings is 1. The number of nitrogens with zero attached hydrogens (tertiary/aromatic N) is 2. The summed E-state index contributed by atoms with van der Waals surface area (Å²) in [6, 6.07) is 15.9. The number of hydrogen-bond donors (Lipinski definition) is 1. The van der Waals surface area contributed by atoms with Gasteiger partial charge in [0, 0.05) is 18.0 Å². The summed E-state index contributed by atoms with van der Waals surface area (Å²) in [5, 5.41) is 11.9. The molecule has 19 heavy (non-hydrogen) atoms. The highest BCUT2D eigenvalue weighted by atomic mass is 16.1. The normalized spacial score (nSPS) is 10.6. The minimum absolute atomic E-state index is 0.0388. The molecule has 4 heteroatoms. The van der Waals surface area contributed by atoms with E-state index in [1.54, 1.807) is 42.6 Å². The molecule has 0 saturated heterocycles. The lowest BCUT2D eigenvalue weighted by Crippen LogP contribution is -2.04. The summed E-state index contributed by atoms with van der Waals surface area (Å²) < 4.78 is 0. The minimum atomic E-state index is -0.313. The summed E-state index contributed by atoms with van der Waals surface area (Å²) in [4.78, 5) is 16.1. The Bertz CT molecular complexity index is 627. The maximum Gasteiger partial charge on any atom is 0.205 e. The van der Waals surface area contributed by atoms with Gasteiger partial charge >= 0.3 is 0 Å². The first-order valence-electron chi connectivity index (χ1n) is 5.69. The number of benzene rings is 1. The predicted molar refractivity (Wildman–Crippen MR) is 72.3 cm³/mol. The van der Waals surface area contributed by atoms with Crippen LogP contribution in [0.15, 0.2) is 66.5 Å². The van der Waals surface area contributed by atoms with Crippen molar-refractivity contribution in [3.05, 3.63) is 72.1 Å². The summed E-state index contributed by atoms with van der Waals surface area (Å²) in [6.45, 7) is 0. The molecule has 1 heterocycles. The third-order valence-corrected chi connectivity index (χ3v) is 2.43. The highest BCUT2D eigenvalue weighted by Crippen LogP contribution is 2.08. The molecule has 0 aliphatic heterocycles. The first-order chi connectivity index (χ1) is 9.31. The van der Waals surface area contributed by atoms with Gasteiger partial charge in [-0.1, -0.05) is 36.4 Å². The fourth-order valence-electron chi connectivity index (χ4n) is 1.49. The van der Waals surface area contributed by atoms with Crippen LogP contribution in [0.4, 0.5) is 5.82 Å². The fourth-order valence-corrected chi connectivity index (χ4v) is 1.49. The highest BCUT2D eigenvalue weighted by Gasteiger charge is 2.11. The third-order valence-electron chi connectivity index (χ3n) is 2.43. The molecule has 1 N–H and O–H groups in total. The molecule has 0 unspecified atom stereocenters. The van der Waals surface area contributed by atoms with E-state index in [1.165, 1.54) is 6.20 Å². The smallest absolute Gasteiger partial charge is 0.205 e. The predicted octanol–water partition coefficient (Wildman–Crippen LogP) is 2.78. The Kier molecular flexibility index (Phi) is 4.04. The van der Waals surface area contributed by atoms with E-state index in [9.17, 15) is 4.79 Å². The van der Waals surface area contributed by atoms with Crippen molar-refractivity contribution >= 4 is 11.6 Å². The molecule has 0 saturated carbocycles. The molecule has 1 aromatic carbocycles. The SMILES string of the molecule is N#CC(=CNc1ccccn1)C(=O)c1ccccc1. The molecule has 0 bridgehead atoms. The van der Waals surface area contributed by atoms with Gasteiger partial charge in [0.15, 0.2) is 0 Å². The van der Waals surface area contributed by atoms with E-state index >= 15 is 0 Å². The largest absolute Gasteiger partial charge is 0.345 e. The van der Waals surface area contributed by atoms with Crippen molar-refractivity contribution in [1.82, 2.24) is 4.98 Å². The average Bonchev–Trinajstić information content (AvgIpc) is 2.49. The second kappa shape index (κ2) is 6.12. The van der Waals surface area contributed by atoms with E-state index in [1.807, 2.05) is 18.2 Å². The van der Waals surface area contributed by atoms with Gasteiger partial charge < -0.3 is 5.32 Å². The number of carbonyl (C=O) groups is 1. The molecule has 2 rings (SSSR count). The molecule has 0 radical (unpaired) electrons. The quantitative estimate of drug-likeness (QED) is 0.514. The lowest BCUT2D eigenvalue weighted by molar-refractivity contribution is 0.103. The number of anilines is 1. The number of Topliss-reactive ketones (excluding diaryl/α,β-unsaturated/α-hetero) is 1. The molecule has 4 nitrogen and oxygen atoms in total. The lowest BCUT2D eigenvalue weighted by atomic mass is 10.1. The Morgan fingerprint density at radius 3 is 2.53 bits per heavy atom. The third kappa shape index (κ3) is 3.27. The fraction of sp³-hybridized carbons (Fsp3) is 0. The topological polar surface area (TPSA) is 65.8 Å². The van der Waals surface area contributed by atoms with Crippen molar-refractivity contribution in [1.29, 1.82) is 5.26 Å². The number of hydrogen-bond acceptors (Lipinski definition) is 4. The van der Waals surface area contributed by atoms with Gasteiger partial charge in [0.25, 0.3) is 0 Å². The summed E-state index contributed by atoms with van der Waals surface area (Å²) in [5.41, 5.74) is 0.523. The zero-order valence-corrected chi connectivity index (χ0v) is 10.1.